The summed E-state index contributed by atoms with van der Waals surface area (Å²) in [6, 6.07) is 0. The quantitative estimate of drug-likeness (QED) is 0.731. The summed E-state index contributed by atoms with van der Waals surface area (Å²) >= 11 is 0. The highest BCUT2D eigenvalue weighted by molar-refractivity contribution is 7.88. The van der Waals surface area contributed by atoms with Crippen LogP contribution in [-0.4, -0.2) is 80.5 Å². The highest BCUT2D eigenvalue weighted by atomic mass is 32.2. The Kier molecular flexibility index (Phi) is 6.68. The zero-order valence-electron chi connectivity index (χ0n) is 12.1. The minimum absolute atomic E-state index is 0.111. The van der Waals surface area contributed by atoms with E-state index in [0.717, 1.165) is 13.0 Å². The molecule has 0 aromatic rings. The summed E-state index contributed by atoms with van der Waals surface area (Å²) < 4.78 is 29.8. The summed E-state index contributed by atoms with van der Waals surface area (Å²) in [5.74, 6) is 0. The van der Waals surface area contributed by atoms with Gasteiger partial charge in [-0.05, 0) is 26.8 Å². The van der Waals surface area contributed by atoms with Crippen molar-refractivity contribution in [3.8, 4) is 0 Å². The normalized spacial score (nSPS) is 21.5. The molecule has 0 amide bonds. The Labute approximate surface area is 116 Å². The fourth-order valence-corrected chi connectivity index (χ4v) is 2.99. The maximum absolute atomic E-state index is 11.5. The molecule has 0 bridgehead atoms. The fraction of sp³-hybridized carbons (Fsp3) is 1.00. The van der Waals surface area contributed by atoms with Crippen molar-refractivity contribution in [2.75, 3.05) is 45.6 Å². The fourth-order valence-electron chi connectivity index (χ4n) is 2.12. The number of rotatable bonds is 6. The molecule has 0 spiro atoms. The van der Waals surface area contributed by atoms with E-state index >= 15 is 0 Å². The maximum Gasteiger partial charge on any atom is 0.211 e. The van der Waals surface area contributed by atoms with Gasteiger partial charge in [0, 0.05) is 26.2 Å². The van der Waals surface area contributed by atoms with E-state index in [1.165, 1.54) is 10.6 Å². The molecular weight excluding hydrogens is 268 g/mol. The van der Waals surface area contributed by atoms with Gasteiger partial charge in [0.1, 0.15) is 0 Å². The Hall–Kier alpha value is -0.210. The highest BCUT2D eigenvalue weighted by Gasteiger charge is 2.22. The number of hydrogen-bond acceptors (Lipinski definition) is 5. The van der Waals surface area contributed by atoms with E-state index in [9.17, 15) is 13.5 Å². The molecule has 0 aliphatic carbocycles. The maximum atomic E-state index is 11.5. The van der Waals surface area contributed by atoms with Crippen molar-refractivity contribution in [3.05, 3.63) is 0 Å². The third-order valence-corrected chi connectivity index (χ3v) is 4.41. The molecule has 19 heavy (non-hydrogen) atoms. The average molecular weight is 294 g/mol. The lowest BCUT2D eigenvalue weighted by Crippen LogP contribution is -2.38. The number of β-amino-alcohol motifs (C(OH)–C–C–N with tert-alkyl or cyclic N) is 1. The summed E-state index contributed by atoms with van der Waals surface area (Å²) in [7, 11) is -3.10. The molecule has 1 N–H and O–H groups in total. The molecule has 1 saturated heterocycles. The van der Waals surface area contributed by atoms with Crippen molar-refractivity contribution in [3.63, 3.8) is 0 Å². The Balaban J connectivity index is 2.37. The average Bonchev–Trinajstić information content (AvgIpc) is 2.51. The van der Waals surface area contributed by atoms with Crippen LogP contribution in [0.4, 0.5) is 0 Å². The third-order valence-electron chi connectivity index (χ3n) is 3.11. The molecule has 1 fully saturated rings. The summed E-state index contributed by atoms with van der Waals surface area (Å²) in [6.45, 7) is 7.25. The van der Waals surface area contributed by atoms with Crippen molar-refractivity contribution in [1.82, 2.24) is 9.21 Å². The largest absolute Gasteiger partial charge is 0.389 e. The molecule has 1 aliphatic heterocycles. The number of aliphatic hydroxyl groups is 1. The van der Waals surface area contributed by atoms with Crippen LogP contribution >= 0.6 is 0 Å². The molecule has 1 atom stereocenters. The number of sulfonamides is 1. The first-order valence-corrected chi connectivity index (χ1v) is 8.61. The summed E-state index contributed by atoms with van der Waals surface area (Å²) in [6.07, 6.45) is 1.63. The second-order valence-electron chi connectivity index (χ2n) is 5.35. The lowest BCUT2D eigenvalue weighted by molar-refractivity contribution is -0.00782. The number of hydrogen-bond donors (Lipinski definition) is 1. The van der Waals surface area contributed by atoms with Crippen LogP contribution in [0, 0.1) is 0 Å². The predicted molar refractivity (Wildman–Crippen MR) is 74.6 cm³/mol. The van der Waals surface area contributed by atoms with Gasteiger partial charge in [-0.3, -0.25) is 4.90 Å². The predicted octanol–water partition coefficient (Wildman–Crippen LogP) is -0.260. The van der Waals surface area contributed by atoms with Gasteiger partial charge in [0.05, 0.1) is 25.1 Å². The lowest BCUT2D eigenvalue weighted by Gasteiger charge is -2.23. The second kappa shape index (κ2) is 7.54. The van der Waals surface area contributed by atoms with Gasteiger partial charge in [-0.2, -0.15) is 0 Å². The molecule has 0 radical (unpaired) electrons. The lowest BCUT2D eigenvalue weighted by atomic mass is 10.3. The van der Waals surface area contributed by atoms with Crippen LogP contribution in [0.5, 0.6) is 0 Å². The van der Waals surface area contributed by atoms with Crippen LogP contribution in [0.25, 0.3) is 0 Å². The molecule has 1 rings (SSSR count). The van der Waals surface area contributed by atoms with E-state index < -0.39 is 16.1 Å². The molecular formula is C12H26N2O4S. The molecule has 0 aromatic carbocycles. The van der Waals surface area contributed by atoms with Gasteiger partial charge in [-0.25, -0.2) is 12.7 Å². The van der Waals surface area contributed by atoms with Crippen LogP contribution in [0.15, 0.2) is 0 Å². The standard InChI is InChI=1S/C12H26N2O4S/c1-11(2)18-10-12(15)9-13-5-4-6-14(8-7-13)19(3,16)17/h11-12,15H,4-10H2,1-3H3. The first kappa shape index (κ1) is 16.8. The van der Waals surface area contributed by atoms with Crippen molar-refractivity contribution in [1.29, 1.82) is 0 Å². The van der Waals surface area contributed by atoms with Gasteiger partial charge >= 0.3 is 0 Å². The highest BCUT2D eigenvalue weighted by Crippen LogP contribution is 2.07. The Morgan fingerprint density at radius 2 is 1.89 bits per heavy atom. The van der Waals surface area contributed by atoms with Gasteiger partial charge in [0.25, 0.3) is 0 Å². The van der Waals surface area contributed by atoms with E-state index in [1.54, 1.807) is 0 Å². The monoisotopic (exact) mass is 294 g/mol. The Morgan fingerprint density at radius 3 is 2.47 bits per heavy atom. The van der Waals surface area contributed by atoms with Crippen molar-refractivity contribution >= 4 is 10.0 Å². The van der Waals surface area contributed by atoms with E-state index in [-0.39, 0.29) is 6.10 Å². The summed E-state index contributed by atoms with van der Waals surface area (Å²) in [4.78, 5) is 2.10. The van der Waals surface area contributed by atoms with Gasteiger partial charge in [0.2, 0.25) is 10.0 Å². The summed E-state index contributed by atoms with van der Waals surface area (Å²) in [5.41, 5.74) is 0. The van der Waals surface area contributed by atoms with E-state index in [0.29, 0.717) is 32.8 Å². The molecule has 1 unspecified atom stereocenters. The Morgan fingerprint density at radius 1 is 1.21 bits per heavy atom. The van der Waals surface area contributed by atoms with Crippen molar-refractivity contribution in [2.24, 2.45) is 0 Å². The van der Waals surface area contributed by atoms with Crippen LogP contribution < -0.4 is 0 Å². The van der Waals surface area contributed by atoms with E-state index in [2.05, 4.69) is 4.90 Å². The molecule has 0 saturated carbocycles. The molecule has 114 valence electrons. The van der Waals surface area contributed by atoms with Gasteiger partial charge in [0.15, 0.2) is 0 Å². The minimum atomic E-state index is -3.10. The first-order chi connectivity index (χ1) is 8.79. The minimum Gasteiger partial charge on any atom is -0.389 e. The van der Waals surface area contributed by atoms with Crippen molar-refractivity contribution in [2.45, 2.75) is 32.5 Å². The number of ether oxygens (including phenoxy) is 1. The van der Waals surface area contributed by atoms with Gasteiger partial charge in [-0.15, -0.1) is 0 Å². The van der Waals surface area contributed by atoms with Gasteiger partial charge in [-0.1, -0.05) is 0 Å². The van der Waals surface area contributed by atoms with Crippen LogP contribution in [-0.2, 0) is 14.8 Å². The smallest absolute Gasteiger partial charge is 0.211 e. The zero-order chi connectivity index (χ0) is 14.5. The van der Waals surface area contributed by atoms with Crippen LogP contribution in [0.2, 0.25) is 0 Å². The molecule has 1 aliphatic rings. The SMILES string of the molecule is CC(C)OCC(O)CN1CCCN(S(C)(=O)=O)CC1. The molecule has 6 nitrogen and oxygen atoms in total. The molecule has 7 heteroatoms. The molecule has 0 aromatic heterocycles. The number of nitrogens with zero attached hydrogens (tertiary/aromatic N) is 2. The van der Waals surface area contributed by atoms with Crippen LogP contribution in [0.3, 0.4) is 0 Å². The Bertz CT molecular complexity index is 359. The van der Waals surface area contributed by atoms with Crippen LogP contribution in [0.1, 0.15) is 20.3 Å². The number of aliphatic hydroxyl groups excluding tert-OH is 1. The summed E-state index contributed by atoms with van der Waals surface area (Å²) in [5, 5.41) is 9.87. The second-order valence-corrected chi connectivity index (χ2v) is 7.33. The van der Waals surface area contributed by atoms with Gasteiger partial charge < -0.3 is 9.84 Å². The first-order valence-electron chi connectivity index (χ1n) is 6.76. The van der Waals surface area contributed by atoms with Crippen molar-refractivity contribution < 1.29 is 18.3 Å². The molecule has 1 heterocycles. The van der Waals surface area contributed by atoms with E-state index in [1.807, 2.05) is 13.8 Å². The van der Waals surface area contributed by atoms with E-state index in [4.69, 9.17) is 4.74 Å². The topological polar surface area (TPSA) is 70.1 Å². The third kappa shape index (κ3) is 6.67. The zero-order valence-corrected chi connectivity index (χ0v) is 12.9.